The van der Waals surface area contributed by atoms with Crippen molar-refractivity contribution < 1.29 is 14.3 Å². The number of urea groups is 1. The van der Waals surface area contributed by atoms with Gasteiger partial charge in [-0.2, -0.15) is 0 Å². The van der Waals surface area contributed by atoms with Gasteiger partial charge in [0.25, 0.3) is 5.91 Å². The Morgan fingerprint density at radius 2 is 1.96 bits per heavy atom. The van der Waals surface area contributed by atoms with Crippen LogP contribution >= 0.6 is 0 Å². The Labute approximate surface area is 155 Å². The zero-order chi connectivity index (χ0) is 18.4. The molecule has 0 spiro atoms. The number of primary amides is 1. The highest BCUT2D eigenvalue weighted by Gasteiger charge is 2.34. The highest BCUT2D eigenvalue weighted by molar-refractivity contribution is 5.75. The Balaban J connectivity index is 1.53. The fourth-order valence-corrected chi connectivity index (χ4v) is 4.23. The zero-order valence-corrected chi connectivity index (χ0v) is 15.3. The molecule has 1 heterocycles. The van der Waals surface area contributed by atoms with E-state index in [9.17, 15) is 9.59 Å². The van der Waals surface area contributed by atoms with Gasteiger partial charge < -0.3 is 20.7 Å². The summed E-state index contributed by atoms with van der Waals surface area (Å²) in [6.45, 7) is 1.15. The SMILES string of the molecule is NC(=O)COc1cccc(CNC(=O)N2CCCC2C2CCCCC2)c1. The van der Waals surface area contributed by atoms with Crippen LogP contribution in [0.4, 0.5) is 4.79 Å². The molecule has 1 aromatic carbocycles. The molecule has 3 rings (SSSR count). The van der Waals surface area contributed by atoms with Crippen LogP contribution in [-0.2, 0) is 11.3 Å². The smallest absolute Gasteiger partial charge is 0.317 e. The Bertz CT molecular complexity index is 628. The van der Waals surface area contributed by atoms with Crippen LogP contribution < -0.4 is 15.8 Å². The standard InChI is InChI=1S/C20H29N3O3/c21-19(24)14-26-17-9-4-6-15(12-17)13-22-20(25)23-11-5-10-18(23)16-7-2-1-3-8-16/h4,6,9,12,16,18H,1-3,5,7-8,10-11,13-14H2,(H2,21,24)(H,22,25). The van der Waals surface area contributed by atoms with Crippen LogP contribution in [0.3, 0.4) is 0 Å². The average Bonchev–Trinajstić information content (AvgIpc) is 3.15. The summed E-state index contributed by atoms with van der Waals surface area (Å²) in [5.41, 5.74) is 6.03. The number of rotatable bonds is 6. The van der Waals surface area contributed by atoms with E-state index in [2.05, 4.69) is 5.32 Å². The highest BCUT2D eigenvalue weighted by Crippen LogP contribution is 2.34. The number of carbonyl (C=O) groups is 2. The maximum atomic E-state index is 12.7. The molecule has 2 aliphatic rings. The molecule has 3 N–H and O–H groups in total. The van der Waals surface area contributed by atoms with Gasteiger partial charge in [-0.1, -0.05) is 31.4 Å². The van der Waals surface area contributed by atoms with Gasteiger partial charge in [-0.3, -0.25) is 4.79 Å². The van der Waals surface area contributed by atoms with Gasteiger partial charge >= 0.3 is 6.03 Å². The molecule has 6 nitrogen and oxygen atoms in total. The Hall–Kier alpha value is -2.24. The van der Waals surface area contributed by atoms with Crippen molar-refractivity contribution in [3.05, 3.63) is 29.8 Å². The van der Waals surface area contributed by atoms with Crippen molar-refractivity contribution >= 4 is 11.9 Å². The van der Waals surface area contributed by atoms with Gasteiger partial charge in [0, 0.05) is 19.1 Å². The van der Waals surface area contributed by atoms with Crippen molar-refractivity contribution in [2.75, 3.05) is 13.2 Å². The second-order valence-electron chi connectivity index (χ2n) is 7.36. The van der Waals surface area contributed by atoms with Crippen LogP contribution in [0.5, 0.6) is 5.75 Å². The highest BCUT2D eigenvalue weighted by atomic mass is 16.5. The molecule has 26 heavy (non-hydrogen) atoms. The number of hydrogen-bond acceptors (Lipinski definition) is 3. The number of hydrogen-bond donors (Lipinski definition) is 2. The second kappa shape index (κ2) is 8.92. The van der Waals surface area contributed by atoms with E-state index >= 15 is 0 Å². The monoisotopic (exact) mass is 359 g/mol. The third-order valence-electron chi connectivity index (χ3n) is 5.48. The zero-order valence-electron chi connectivity index (χ0n) is 15.3. The lowest BCUT2D eigenvalue weighted by Gasteiger charge is -2.34. The quantitative estimate of drug-likeness (QED) is 0.819. The van der Waals surface area contributed by atoms with E-state index in [1.54, 1.807) is 6.07 Å². The molecule has 1 aliphatic heterocycles. The Morgan fingerprint density at radius 1 is 1.15 bits per heavy atom. The molecule has 2 fully saturated rings. The van der Waals surface area contributed by atoms with E-state index in [1.165, 1.54) is 32.1 Å². The van der Waals surface area contributed by atoms with E-state index in [0.29, 0.717) is 24.3 Å². The van der Waals surface area contributed by atoms with Crippen LogP contribution in [0, 0.1) is 5.92 Å². The van der Waals surface area contributed by atoms with Gasteiger partial charge in [-0.15, -0.1) is 0 Å². The first-order valence-electron chi connectivity index (χ1n) is 9.68. The largest absolute Gasteiger partial charge is 0.484 e. The van der Waals surface area contributed by atoms with Crippen LogP contribution in [0.25, 0.3) is 0 Å². The molecular weight excluding hydrogens is 330 g/mol. The first kappa shape index (κ1) is 18.5. The summed E-state index contributed by atoms with van der Waals surface area (Å²) in [4.78, 5) is 25.6. The molecular formula is C20H29N3O3. The molecule has 1 atom stereocenters. The summed E-state index contributed by atoms with van der Waals surface area (Å²) < 4.78 is 5.31. The van der Waals surface area contributed by atoms with Gasteiger partial charge in [0.05, 0.1) is 0 Å². The third-order valence-corrected chi connectivity index (χ3v) is 5.48. The van der Waals surface area contributed by atoms with Crippen molar-refractivity contribution in [1.82, 2.24) is 10.2 Å². The first-order valence-corrected chi connectivity index (χ1v) is 9.68. The minimum Gasteiger partial charge on any atom is -0.484 e. The van der Waals surface area contributed by atoms with Crippen LogP contribution in [0.15, 0.2) is 24.3 Å². The summed E-state index contributed by atoms with van der Waals surface area (Å²) in [5.74, 6) is 0.742. The fourth-order valence-electron chi connectivity index (χ4n) is 4.23. The fraction of sp³-hybridized carbons (Fsp3) is 0.600. The van der Waals surface area contributed by atoms with Gasteiger partial charge in [0.2, 0.25) is 0 Å². The van der Waals surface area contributed by atoms with Gasteiger partial charge in [-0.25, -0.2) is 4.79 Å². The number of nitrogens with two attached hydrogens (primary N) is 1. The van der Waals surface area contributed by atoms with E-state index < -0.39 is 5.91 Å². The molecule has 0 aromatic heterocycles. The van der Waals surface area contributed by atoms with Crippen molar-refractivity contribution in [3.63, 3.8) is 0 Å². The molecule has 0 bridgehead atoms. The lowest BCUT2D eigenvalue weighted by atomic mass is 9.83. The van der Waals surface area contributed by atoms with Gasteiger partial charge in [0.1, 0.15) is 5.75 Å². The van der Waals surface area contributed by atoms with Crippen LogP contribution in [0.2, 0.25) is 0 Å². The minimum absolute atomic E-state index is 0.0292. The Morgan fingerprint density at radius 3 is 2.73 bits per heavy atom. The van der Waals surface area contributed by atoms with Crippen molar-refractivity contribution in [3.8, 4) is 5.75 Å². The predicted octanol–water partition coefficient (Wildman–Crippen LogP) is 2.81. The lowest BCUT2D eigenvalue weighted by Crippen LogP contribution is -2.45. The van der Waals surface area contributed by atoms with Crippen molar-refractivity contribution in [2.24, 2.45) is 11.7 Å². The predicted molar refractivity (Wildman–Crippen MR) is 99.7 cm³/mol. The number of nitrogens with one attached hydrogen (secondary N) is 1. The summed E-state index contributed by atoms with van der Waals surface area (Å²) >= 11 is 0. The molecule has 3 amide bonds. The molecule has 1 aromatic rings. The number of ether oxygens (including phenoxy) is 1. The van der Waals surface area contributed by atoms with E-state index in [-0.39, 0.29) is 12.6 Å². The maximum Gasteiger partial charge on any atom is 0.317 e. The second-order valence-corrected chi connectivity index (χ2v) is 7.36. The van der Waals surface area contributed by atoms with Crippen molar-refractivity contribution in [1.29, 1.82) is 0 Å². The normalized spacial score (nSPS) is 20.8. The first-order chi connectivity index (χ1) is 12.6. The maximum absolute atomic E-state index is 12.7. The molecule has 1 unspecified atom stereocenters. The number of likely N-dealkylation sites (tertiary alicyclic amines) is 1. The molecule has 142 valence electrons. The number of benzene rings is 1. The molecule has 1 aliphatic carbocycles. The minimum atomic E-state index is -0.508. The molecule has 1 saturated carbocycles. The summed E-state index contributed by atoms with van der Waals surface area (Å²) in [6, 6.07) is 7.81. The van der Waals surface area contributed by atoms with Crippen molar-refractivity contribution in [2.45, 2.75) is 57.5 Å². The number of carbonyl (C=O) groups excluding carboxylic acids is 2. The molecule has 0 radical (unpaired) electrons. The van der Waals surface area contributed by atoms with Crippen LogP contribution in [-0.4, -0.2) is 36.0 Å². The third kappa shape index (κ3) is 4.90. The Kier molecular flexibility index (Phi) is 6.36. The van der Waals surface area contributed by atoms with E-state index in [0.717, 1.165) is 24.9 Å². The number of nitrogens with zero attached hydrogens (tertiary/aromatic N) is 1. The number of amides is 3. The van der Waals surface area contributed by atoms with Gasteiger partial charge in [0.15, 0.2) is 6.61 Å². The van der Waals surface area contributed by atoms with Crippen LogP contribution in [0.1, 0.15) is 50.5 Å². The summed E-state index contributed by atoms with van der Waals surface area (Å²) in [6.07, 6.45) is 8.69. The summed E-state index contributed by atoms with van der Waals surface area (Å²) in [5, 5.41) is 3.04. The lowest BCUT2D eigenvalue weighted by molar-refractivity contribution is -0.119. The van der Waals surface area contributed by atoms with E-state index in [4.69, 9.17) is 10.5 Å². The molecule has 1 saturated heterocycles. The topological polar surface area (TPSA) is 84.7 Å². The van der Waals surface area contributed by atoms with Gasteiger partial charge in [-0.05, 0) is 49.3 Å². The summed E-state index contributed by atoms with van der Waals surface area (Å²) in [7, 11) is 0. The molecule has 6 heteroatoms. The van der Waals surface area contributed by atoms with E-state index in [1.807, 2.05) is 23.1 Å². The average molecular weight is 359 g/mol.